The van der Waals surface area contributed by atoms with E-state index in [1.165, 1.54) is 0 Å². The second-order valence-electron chi connectivity index (χ2n) is 5.78. The van der Waals surface area contributed by atoms with E-state index in [1.54, 1.807) is 0 Å². The van der Waals surface area contributed by atoms with Crippen LogP contribution in [0.3, 0.4) is 0 Å². The minimum Gasteiger partial charge on any atom is -0.308 e. The Morgan fingerprint density at radius 3 is 2.55 bits per heavy atom. The minimum absolute atomic E-state index is 0.240. The van der Waals surface area contributed by atoms with E-state index in [0.29, 0.717) is 12.5 Å². The Morgan fingerprint density at radius 1 is 1.30 bits per heavy atom. The summed E-state index contributed by atoms with van der Waals surface area (Å²) in [6.45, 7) is 9.24. The molecule has 1 aromatic carbocycles. The van der Waals surface area contributed by atoms with Crippen LogP contribution < -0.4 is 0 Å². The monoisotopic (exact) mass is 276 g/mol. The van der Waals surface area contributed by atoms with Gasteiger partial charge in [-0.15, -0.1) is 0 Å². The van der Waals surface area contributed by atoms with Crippen molar-refractivity contribution in [3.8, 4) is 0 Å². The molecule has 0 bridgehead atoms. The molecule has 0 N–H and O–H groups in total. The van der Waals surface area contributed by atoms with Crippen molar-refractivity contribution in [2.24, 2.45) is 0 Å². The van der Waals surface area contributed by atoms with E-state index in [2.05, 4.69) is 37.7 Å². The molecule has 20 heavy (non-hydrogen) atoms. The first-order valence-corrected chi connectivity index (χ1v) is 7.42. The standard InChI is InChI=1S/C17H28N2O/c1-6-19(15(3)13-18(4)5)11-10-17(20)16-9-7-8-14(2)12-16/h7-9,12,15H,6,10-11,13H2,1-5H3. The van der Waals surface area contributed by atoms with Crippen LogP contribution in [0, 0.1) is 6.92 Å². The van der Waals surface area contributed by atoms with Gasteiger partial charge in [0.2, 0.25) is 0 Å². The van der Waals surface area contributed by atoms with Crippen molar-refractivity contribution in [1.29, 1.82) is 0 Å². The van der Waals surface area contributed by atoms with Gasteiger partial charge in [0, 0.05) is 31.1 Å². The van der Waals surface area contributed by atoms with E-state index in [9.17, 15) is 4.79 Å². The van der Waals surface area contributed by atoms with Gasteiger partial charge in [0.05, 0.1) is 0 Å². The number of rotatable bonds is 8. The van der Waals surface area contributed by atoms with Crippen LogP contribution in [0.1, 0.15) is 36.2 Å². The molecule has 0 saturated carbocycles. The lowest BCUT2D eigenvalue weighted by molar-refractivity contribution is 0.0949. The van der Waals surface area contributed by atoms with Gasteiger partial charge in [-0.1, -0.05) is 30.7 Å². The number of hydrogen-bond donors (Lipinski definition) is 0. The first-order chi connectivity index (χ1) is 9.43. The van der Waals surface area contributed by atoms with Gasteiger partial charge in [0.25, 0.3) is 0 Å². The fourth-order valence-electron chi connectivity index (χ4n) is 2.54. The molecule has 1 rings (SSSR count). The fourth-order valence-corrected chi connectivity index (χ4v) is 2.54. The molecule has 0 aliphatic heterocycles. The number of likely N-dealkylation sites (N-methyl/N-ethyl adjacent to an activating group) is 2. The number of nitrogens with zero attached hydrogens (tertiary/aromatic N) is 2. The SMILES string of the molecule is CCN(CCC(=O)c1cccc(C)c1)C(C)CN(C)C. The zero-order valence-electron chi connectivity index (χ0n) is 13.5. The highest BCUT2D eigenvalue weighted by atomic mass is 16.1. The van der Waals surface area contributed by atoms with E-state index in [0.717, 1.165) is 30.8 Å². The molecule has 1 aromatic rings. The highest BCUT2D eigenvalue weighted by Gasteiger charge is 2.15. The predicted molar refractivity (Wildman–Crippen MR) is 85.4 cm³/mol. The second kappa shape index (κ2) is 8.18. The molecule has 3 heteroatoms. The average Bonchev–Trinajstić information content (AvgIpc) is 2.38. The highest BCUT2D eigenvalue weighted by molar-refractivity contribution is 5.96. The van der Waals surface area contributed by atoms with Crippen LogP contribution >= 0.6 is 0 Å². The molecular formula is C17H28N2O. The molecule has 0 heterocycles. The summed E-state index contributed by atoms with van der Waals surface area (Å²) >= 11 is 0. The summed E-state index contributed by atoms with van der Waals surface area (Å²) in [7, 11) is 4.17. The normalized spacial score (nSPS) is 12.9. The summed E-state index contributed by atoms with van der Waals surface area (Å²) in [5.74, 6) is 0.240. The third kappa shape index (κ3) is 5.43. The molecule has 0 saturated heterocycles. The van der Waals surface area contributed by atoms with Crippen molar-refractivity contribution in [2.75, 3.05) is 33.7 Å². The Balaban J connectivity index is 2.53. The van der Waals surface area contributed by atoms with Crippen molar-refractivity contribution < 1.29 is 4.79 Å². The molecule has 0 aliphatic carbocycles. The molecule has 1 unspecified atom stereocenters. The minimum atomic E-state index is 0.240. The summed E-state index contributed by atoms with van der Waals surface area (Å²) in [6.07, 6.45) is 0.592. The first kappa shape index (κ1) is 16.9. The quantitative estimate of drug-likeness (QED) is 0.682. The number of benzene rings is 1. The van der Waals surface area contributed by atoms with E-state index in [1.807, 2.05) is 31.2 Å². The maximum absolute atomic E-state index is 12.2. The number of aryl methyl sites for hydroxylation is 1. The maximum atomic E-state index is 12.2. The molecular weight excluding hydrogens is 248 g/mol. The molecule has 1 atom stereocenters. The van der Waals surface area contributed by atoms with Crippen LogP contribution in [0.25, 0.3) is 0 Å². The number of Topliss-reactive ketones (excluding diaryl/α,β-unsaturated/α-hetero) is 1. The lowest BCUT2D eigenvalue weighted by atomic mass is 10.1. The van der Waals surface area contributed by atoms with E-state index >= 15 is 0 Å². The Hall–Kier alpha value is -1.19. The van der Waals surface area contributed by atoms with Gasteiger partial charge in [-0.3, -0.25) is 9.69 Å². The largest absolute Gasteiger partial charge is 0.308 e. The Labute approximate surface area is 123 Å². The molecule has 0 radical (unpaired) electrons. The van der Waals surface area contributed by atoms with Gasteiger partial charge in [-0.05, 0) is 40.6 Å². The smallest absolute Gasteiger partial charge is 0.164 e. The third-order valence-corrected chi connectivity index (χ3v) is 3.63. The average molecular weight is 276 g/mol. The van der Waals surface area contributed by atoms with Crippen molar-refractivity contribution in [3.05, 3.63) is 35.4 Å². The van der Waals surface area contributed by atoms with Gasteiger partial charge >= 0.3 is 0 Å². The highest BCUT2D eigenvalue weighted by Crippen LogP contribution is 2.09. The predicted octanol–water partition coefficient (Wildman–Crippen LogP) is 2.84. The van der Waals surface area contributed by atoms with Crippen LogP contribution in [0.15, 0.2) is 24.3 Å². The van der Waals surface area contributed by atoms with Crippen LogP contribution in [0.5, 0.6) is 0 Å². The molecule has 0 aromatic heterocycles. The van der Waals surface area contributed by atoms with Crippen LogP contribution in [0.2, 0.25) is 0 Å². The number of hydrogen-bond acceptors (Lipinski definition) is 3. The van der Waals surface area contributed by atoms with Gasteiger partial charge in [-0.2, -0.15) is 0 Å². The summed E-state index contributed by atoms with van der Waals surface area (Å²) in [6, 6.07) is 8.33. The Bertz CT molecular complexity index is 429. The van der Waals surface area contributed by atoms with Gasteiger partial charge < -0.3 is 4.90 Å². The summed E-state index contributed by atoms with van der Waals surface area (Å²) in [5.41, 5.74) is 1.98. The first-order valence-electron chi connectivity index (χ1n) is 7.42. The number of carbonyl (C=O) groups excluding carboxylic acids is 1. The van der Waals surface area contributed by atoms with E-state index in [4.69, 9.17) is 0 Å². The topological polar surface area (TPSA) is 23.6 Å². The van der Waals surface area contributed by atoms with Crippen molar-refractivity contribution in [1.82, 2.24) is 9.80 Å². The number of carbonyl (C=O) groups is 1. The third-order valence-electron chi connectivity index (χ3n) is 3.63. The summed E-state index contributed by atoms with van der Waals surface area (Å²) < 4.78 is 0. The molecule has 0 fully saturated rings. The van der Waals surface area contributed by atoms with E-state index in [-0.39, 0.29) is 5.78 Å². The zero-order valence-corrected chi connectivity index (χ0v) is 13.5. The molecule has 3 nitrogen and oxygen atoms in total. The Kier molecular flexibility index (Phi) is 6.89. The van der Waals surface area contributed by atoms with Crippen molar-refractivity contribution in [3.63, 3.8) is 0 Å². The molecule has 0 aliphatic rings. The van der Waals surface area contributed by atoms with Gasteiger partial charge in [0.1, 0.15) is 0 Å². The molecule has 0 spiro atoms. The van der Waals surface area contributed by atoms with Crippen molar-refractivity contribution in [2.45, 2.75) is 33.2 Å². The van der Waals surface area contributed by atoms with Crippen LogP contribution in [-0.4, -0.2) is 55.4 Å². The van der Waals surface area contributed by atoms with Gasteiger partial charge in [-0.25, -0.2) is 0 Å². The lowest BCUT2D eigenvalue weighted by Crippen LogP contribution is -2.41. The Morgan fingerprint density at radius 2 is 2.00 bits per heavy atom. The lowest BCUT2D eigenvalue weighted by Gasteiger charge is -2.29. The summed E-state index contributed by atoms with van der Waals surface area (Å²) in [4.78, 5) is 16.8. The zero-order chi connectivity index (χ0) is 15.1. The van der Waals surface area contributed by atoms with E-state index < -0.39 is 0 Å². The number of ketones is 1. The molecule has 112 valence electrons. The fraction of sp³-hybridized carbons (Fsp3) is 0.588. The maximum Gasteiger partial charge on any atom is 0.164 e. The molecule has 0 amide bonds. The van der Waals surface area contributed by atoms with Crippen LogP contribution in [-0.2, 0) is 0 Å². The van der Waals surface area contributed by atoms with Crippen molar-refractivity contribution >= 4 is 5.78 Å². The summed E-state index contributed by atoms with van der Waals surface area (Å²) in [5, 5.41) is 0. The van der Waals surface area contributed by atoms with Crippen LogP contribution in [0.4, 0.5) is 0 Å². The van der Waals surface area contributed by atoms with Gasteiger partial charge in [0.15, 0.2) is 5.78 Å². The second-order valence-corrected chi connectivity index (χ2v) is 5.78.